The quantitative estimate of drug-likeness (QED) is 0.556. The maximum absolute atomic E-state index is 12.3. The van der Waals surface area contributed by atoms with E-state index in [0.717, 1.165) is 22.6 Å². The van der Waals surface area contributed by atoms with Crippen LogP contribution in [-0.2, 0) is 11.8 Å². The Kier molecular flexibility index (Phi) is 6.42. The van der Waals surface area contributed by atoms with Crippen molar-refractivity contribution in [2.45, 2.75) is 31.8 Å². The number of thioether (sulfide) groups is 1. The third-order valence-corrected chi connectivity index (χ3v) is 5.97. The molecule has 1 aromatic heterocycles. The number of carbonyl (C=O) groups is 1. The van der Waals surface area contributed by atoms with Crippen LogP contribution in [0.2, 0.25) is 5.02 Å². The van der Waals surface area contributed by atoms with Gasteiger partial charge in [0.15, 0.2) is 11.0 Å². The summed E-state index contributed by atoms with van der Waals surface area (Å²) in [4.78, 5) is 12.3. The standard InChI is InChI=1S/C21H23ClN4OS/c1-13(2)15-8-10-16(11-9-15)20-24-25-21(26(20)4)28-12-19(27)23-18-7-5-6-17(22)14(18)3/h5-11,13H,12H2,1-4H3,(H,23,27). The second-order valence-corrected chi connectivity index (χ2v) is 8.24. The van der Waals surface area contributed by atoms with Crippen LogP contribution in [0.25, 0.3) is 11.4 Å². The number of benzene rings is 2. The molecule has 0 bridgehead atoms. The third-order valence-electron chi connectivity index (χ3n) is 4.54. The highest BCUT2D eigenvalue weighted by atomic mass is 35.5. The van der Waals surface area contributed by atoms with Gasteiger partial charge in [0.05, 0.1) is 5.75 Å². The van der Waals surface area contributed by atoms with Gasteiger partial charge in [-0.3, -0.25) is 4.79 Å². The monoisotopic (exact) mass is 414 g/mol. The Hall–Kier alpha value is -2.31. The van der Waals surface area contributed by atoms with E-state index >= 15 is 0 Å². The van der Waals surface area contributed by atoms with Crippen molar-refractivity contribution in [3.05, 3.63) is 58.6 Å². The van der Waals surface area contributed by atoms with Crippen LogP contribution in [0.4, 0.5) is 5.69 Å². The van der Waals surface area contributed by atoms with E-state index in [1.54, 1.807) is 6.07 Å². The van der Waals surface area contributed by atoms with Crippen molar-refractivity contribution in [1.29, 1.82) is 0 Å². The van der Waals surface area contributed by atoms with Crippen LogP contribution in [0.3, 0.4) is 0 Å². The molecule has 0 saturated heterocycles. The number of amides is 1. The number of halogens is 1. The summed E-state index contributed by atoms with van der Waals surface area (Å²) < 4.78 is 1.91. The molecule has 0 radical (unpaired) electrons. The summed E-state index contributed by atoms with van der Waals surface area (Å²) in [6.07, 6.45) is 0. The molecule has 0 saturated carbocycles. The molecule has 146 valence electrons. The highest BCUT2D eigenvalue weighted by Gasteiger charge is 2.14. The lowest BCUT2D eigenvalue weighted by atomic mass is 10.0. The van der Waals surface area contributed by atoms with E-state index in [1.807, 2.05) is 30.7 Å². The minimum absolute atomic E-state index is 0.110. The Morgan fingerprint density at radius 1 is 1.18 bits per heavy atom. The summed E-state index contributed by atoms with van der Waals surface area (Å²) in [6.45, 7) is 6.22. The lowest BCUT2D eigenvalue weighted by Crippen LogP contribution is -2.15. The van der Waals surface area contributed by atoms with Crippen molar-refractivity contribution < 1.29 is 4.79 Å². The van der Waals surface area contributed by atoms with Crippen LogP contribution < -0.4 is 5.32 Å². The fraction of sp³-hybridized carbons (Fsp3) is 0.286. The van der Waals surface area contributed by atoms with Crippen LogP contribution in [0, 0.1) is 6.92 Å². The summed E-state index contributed by atoms with van der Waals surface area (Å²) in [5, 5.41) is 12.7. The molecule has 1 heterocycles. The Labute approximate surface area is 174 Å². The first-order chi connectivity index (χ1) is 13.4. The van der Waals surface area contributed by atoms with Gasteiger partial charge in [-0.05, 0) is 36.1 Å². The number of hydrogen-bond acceptors (Lipinski definition) is 4. The molecule has 5 nitrogen and oxygen atoms in total. The van der Waals surface area contributed by atoms with Crippen molar-refractivity contribution in [2.24, 2.45) is 7.05 Å². The van der Waals surface area contributed by atoms with Crippen LogP contribution in [0.5, 0.6) is 0 Å². The van der Waals surface area contributed by atoms with Gasteiger partial charge in [0.25, 0.3) is 0 Å². The third kappa shape index (κ3) is 4.56. The van der Waals surface area contributed by atoms with Crippen LogP contribution in [-0.4, -0.2) is 26.4 Å². The molecule has 0 atom stereocenters. The van der Waals surface area contributed by atoms with Gasteiger partial charge in [0.2, 0.25) is 5.91 Å². The minimum atomic E-state index is -0.110. The maximum atomic E-state index is 12.3. The topological polar surface area (TPSA) is 59.8 Å². The molecule has 0 aliphatic rings. The van der Waals surface area contributed by atoms with Crippen LogP contribution in [0.1, 0.15) is 30.9 Å². The molecule has 1 N–H and O–H groups in total. The van der Waals surface area contributed by atoms with E-state index in [4.69, 9.17) is 11.6 Å². The normalized spacial score (nSPS) is 11.1. The Bertz CT molecular complexity index is 983. The number of aromatic nitrogens is 3. The highest BCUT2D eigenvalue weighted by Crippen LogP contribution is 2.26. The first kappa shape index (κ1) is 20.4. The van der Waals surface area contributed by atoms with Gasteiger partial charge in [0, 0.05) is 23.3 Å². The van der Waals surface area contributed by atoms with Crippen molar-refractivity contribution in [3.8, 4) is 11.4 Å². The molecule has 0 fully saturated rings. The SMILES string of the molecule is Cc1c(Cl)cccc1NC(=O)CSc1nnc(-c2ccc(C(C)C)cc2)n1C. The molecule has 0 unspecified atom stereocenters. The average Bonchev–Trinajstić information content (AvgIpc) is 3.04. The van der Waals surface area contributed by atoms with Crippen molar-refractivity contribution >= 4 is 35.0 Å². The molecule has 28 heavy (non-hydrogen) atoms. The molecule has 0 aliphatic heterocycles. The second-order valence-electron chi connectivity index (χ2n) is 6.89. The number of nitrogens with one attached hydrogen (secondary N) is 1. The summed E-state index contributed by atoms with van der Waals surface area (Å²) in [7, 11) is 1.91. The molecule has 2 aromatic carbocycles. The van der Waals surface area contributed by atoms with Gasteiger partial charge in [-0.2, -0.15) is 0 Å². The first-order valence-corrected chi connectivity index (χ1v) is 10.4. The van der Waals surface area contributed by atoms with E-state index in [-0.39, 0.29) is 11.7 Å². The zero-order chi connectivity index (χ0) is 20.3. The molecular weight excluding hydrogens is 392 g/mol. The van der Waals surface area contributed by atoms with Gasteiger partial charge >= 0.3 is 0 Å². The maximum Gasteiger partial charge on any atom is 0.234 e. The fourth-order valence-electron chi connectivity index (χ4n) is 2.77. The molecule has 0 spiro atoms. The van der Waals surface area contributed by atoms with Crippen LogP contribution in [0.15, 0.2) is 47.6 Å². The molecule has 3 rings (SSSR count). The summed E-state index contributed by atoms with van der Waals surface area (Å²) in [5.41, 5.74) is 3.87. The lowest BCUT2D eigenvalue weighted by Gasteiger charge is -2.09. The van der Waals surface area contributed by atoms with Crippen molar-refractivity contribution in [2.75, 3.05) is 11.1 Å². The van der Waals surface area contributed by atoms with Gasteiger partial charge in [-0.1, -0.05) is 67.5 Å². The number of rotatable bonds is 6. The van der Waals surface area contributed by atoms with Crippen molar-refractivity contribution in [1.82, 2.24) is 14.8 Å². The predicted molar refractivity (Wildman–Crippen MR) is 116 cm³/mol. The fourth-order valence-corrected chi connectivity index (χ4v) is 3.65. The smallest absolute Gasteiger partial charge is 0.234 e. The zero-order valence-corrected chi connectivity index (χ0v) is 17.9. The molecule has 3 aromatic rings. The Morgan fingerprint density at radius 3 is 2.57 bits per heavy atom. The first-order valence-electron chi connectivity index (χ1n) is 9.04. The average molecular weight is 415 g/mol. The molecule has 7 heteroatoms. The summed E-state index contributed by atoms with van der Waals surface area (Å²) in [5.74, 6) is 1.40. The predicted octanol–water partition coefficient (Wildman–Crippen LogP) is 5.30. The minimum Gasteiger partial charge on any atom is -0.325 e. The Morgan fingerprint density at radius 2 is 1.89 bits per heavy atom. The van der Waals surface area contributed by atoms with E-state index in [2.05, 4.69) is 53.6 Å². The van der Waals surface area contributed by atoms with Crippen molar-refractivity contribution in [3.63, 3.8) is 0 Å². The molecular formula is C21H23ClN4OS. The van der Waals surface area contributed by atoms with Gasteiger partial charge in [-0.15, -0.1) is 10.2 Å². The summed E-state index contributed by atoms with van der Waals surface area (Å²) >= 11 is 7.45. The number of hydrogen-bond donors (Lipinski definition) is 1. The lowest BCUT2D eigenvalue weighted by molar-refractivity contribution is -0.113. The van der Waals surface area contributed by atoms with Gasteiger partial charge < -0.3 is 9.88 Å². The number of anilines is 1. The van der Waals surface area contributed by atoms with E-state index in [0.29, 0.717) is 16.1 Å². The largest absolute Gasteiger partial charge is 0.325 e. The molecule has 0 aliphatic carbocycles. The van der Waals surface area contributed by atoms with E-state index < -0.39 is 0 Å². The van der Waals surface area contributed by atoms with Gasteiger partial charge in [-0.25, -0.2) is 0 Å². The highest BCUT2D eigenvalue weighted by molar-refractivity contribution is 7.99. The number of carbonyl (C=O) groups excluding carboxylic acids is 1. The second kappa shape index (κ2) is 8.80. The van der Waals surface area contributed by atoms with Crippen LogP contribution >= 0.6 is 23.4 Å². The van der Waals surface area contributed by atoms with Gasteiger partial charge in [0.1, 0.15) is 0 Å². The number of nitrogens with zero attached hydrogens (tertiary/aromatic N) is 3. The van der Waals surface area contributed by atoms with E-state index in [1.165, 1.54) is 17.3 Å². The van der Waals surface area contributed by atoms with E-state index in [9.17, 15) is 4.79 Å². The molecule has 1 amide bonds. The zero-order valence-electron chi connectivity index (χ0n) is 16.4. The summed E-state index contributed by atoms with van der Waals surface area (Å²) in [6, 6.07) is 13.8. The Balaban J connectivity index is 1.65.